The molecule has 0 bridgehead atoms. The highest BCUT2D eigenvalue weighted by Crippen LogP contribution is 2.03. The predicted molar refractivity (Wildman–Crippen MR) is 61.5 cm³/mol. The number of nitrogens with one attached hydrogen (secondary N) is 1. The molecule has 0 aliphatic heterocycles. The summed E-state index contributed by atoms with van der Waals surface area (Å²) in [6.07, 6.45) is 1.74. The summed E-state index contributed by atoms with van der Waals surface area (Å²) in [7, 11) is 0. The third-order valence-electron chi connectivity index (χ3n) is 2.29. The minimum absolute atomic E-state index is 0.226. The molecule has 0 atom stereocenters. The van der Waals surface area contributed by atoms with Crippen molar-refractivity contribution < 1.29 is 9.32 Å². The first-order chi connectivity index (χ1) is 8.79. The van der Waals surface area contributed by atoms with Crippen molar-refractivity contribution in [2.45, 2.75) is 6.42 Å². The van der Waals surface area contributed by atoms with Crippen LogP contribution < -0.4 is 5.32 Å². The molecule has 0 saturated carbocycles. The molecule has 2 aromatic rings. The summed E-state index contributed by atoms with van der Waals surface area (Å²) >= 11 is 0. The van der Waals surface area contributed by atoms with Gasteiger partial charge in [0.05, 0.1) is 11.6 Å². The van der Waals surface area contributed by atoms with Gasteiger partial charge >= 0.3 is 0 Å². The first-order valence-electron chi connectivity index (χ1n) is 5.33. The number of amides is 1. The van der Waals surface area contributed by atoms with Crippen molar-refractivity contribution in [2.24, 2.45) is 0 Å². The fraction of sp³-hybridized carbons (Fsp3) is 0.167. The van der Waals surface area contributed by atoms with Gasteiger partial charge < -0.3 is 9.84 Å². The Kier molecular flexibility index (Phi) is 3.66. The van der Waals surface area contributed by atoms with Crippen LogP contribution in [-0.2, 0) is 6.42 Å². The third kappa shape index (κ3) is 2.92. The maximum absolute atomic E-state index is 11.8. The fourth-order valence-corrected chi connectivity index (χ4v) is 1.42. The second-order valence-corrected chi connectivity index (χ2v) is 3.55. The van der Waals surface area contributed by atoms with Crippen LogP contribution in [0.4, 0.5) is 0 Å². The standard InChI is InChI=1S/C12H10N4O2/c13-7-9-2-1-3-10(6-9)12(17)14-5-4-11-15-8-18-16-11/h1-3,6,8H,4-5H2,(H,14,17). The number of nitrogens with zero attached hydrogens (tertiary/aromatic N) is 3. The van der Waals surface area contributed by atoms with Crippen LogP contribution in [0.5, 0.6) is 0 Å². The Hall–Kier alpha value is -2.68. The molecule has 18 heavy (non-hydrogen) atoms. The lowest BCUT2D eigenvalue weighted by atomic mass is 10.1. The van der Waals surface area contributed by atoms with E-state index < -0.39 is 0 Å². The molecule has 90 valence electrons. The van der Waals surface area contributed by atoms with Crippen molar-refractivity contribution in [3.8, 4) is 6.07 Å². The first-order valence-corrected chi connectivity index (χ1v) is 5.33. The van der Waals surface area contributed by atoms with Crippen molar-refractivity contribution >= 4 is 5.91 Å². The second-order valence-electron chi connectivity index (χ2n) is 3.55. The van der Waals surface area contributed by atoms with E-state index in [0.717, 1.165) is 0 Å². The smallest absolute Gasteiger partial charge is 0.251 e. The van der Waals surface area contributed by atoms with Crippen molar-refractivity contribution in [1.82, 2.24) is 15.5 Å². The zero-order chi connectivity index (χ0) is 12.8. The van der Waals surface area contributed by atoms with E-state index in [4.69, 9.17) is 5.26 Å². The summed E-state index contributed by atoms with van der Waals surface area (Å²) < 4.78 is 4.58. The molecule has 6 nitrogen and oxygen atoms in total. The normalized spacial score (nSPS) is 9.72. The van der Waals surface area contributed by atoms with Crippen molar-refractivity contribution in [1.29, 1.82) is 5.26 Å². The summed E-state index contributed by atoms with van der Waals surface area (Å²) in [4.78, 5) is 15.6. The third-order valence-corrected chi connectivity index (χ3v) is 2.29. The number of hydrogen-bond donors (Lipinski definition) is 1. The van der Waals surface area contributed by atoms with Gasteiger partial charge in [-0.25, -0.2) is 0 Å². The Morgan fingerprint density at radius 3 is 3.11 bits per heavy atom. The lowest BCUT2D eigenvalue weighted by molar-refractivity contribution is 0.0954. The fourth-order valence-electron chi connectivity index (χ4n) is 1.42. The second kappa shape index (κ2) is 5.59. The number of hydrogen-bond acceptors (Lipinski definition) is 5. The van der Waals surface area contributed by atoms with E-state index in [9.17, 15) is 4.79 Å². The van der Waals surface area contributed by atoms with Crippen LogP contribution >= 0.6 is 0 Å². The minimum atomic E-state index is -0.226. The van der Waals surface area contributed by atoms with Gasteiger partial charge in [-0.05, 0) is 18.2 Å². The summed E-state index contributed by atoms with van der Waals surface area (Å²) in [5, 5.41) is 15.1. The van der Waals surface area contributed by atoms with Crippen molar-refractivity contribution in [3.63, 3.8) is 0 Å². The number of aromatic nitrogens is 2. The topological polar surface area (TPSA) is 91.8 Å². The van der Waals surface area contributed by atoms with E-state index in [1.807, 2.05) is 6.07 Å². The van der Waals surface area contributed by atoms with E-state index >= 15 is 0 Å². The highest BCUT2D eigenvalue weighted by Gasteiger charge is 2.06. The zero-order valence-electron chi connectivity index (χ0n) is 9.46. The Labute approximate surface area is 103 Å². The number of carbonyl (C=O) groups is 1. The first kappa shape index (κ1) is 11.8. The Bertz CT molecular complexity index is 572. The average molecular weight is 242 g/mol. The van der Waals surface area contributed by atoms with Crippen LogP contribution in [0.25, 0.3) is 0 Å². The summed E-state index contributed by atoms with van der Waals surface area (Å²) in [5.74, 6) is 0.316. The van der Waals surface area contributed by atoms with E-state index in [1.54, 1.807) is 24.3 Å². The molecule has 1 N–H and O–H groups in total. The maximum Gasteiger partial charge on any atom is 0.251 e. The molecule has 1 amide bonds. The molecular weight excluding hydrogens is 232 g/mol. The van der Waals surface area contributed by atoms with Gasteiger partial charge in [0.1, 0.15) is 0 Å². The number of rotatable bonds is 4. The van der Waals surface area contributed by atoms with Gasteiger partial charge in [0.25, 0.3) is 5.91 Å². The van der Waals surface area contributed by atoms with Crippen LogP contribution in [0.1, 0.15) is 21.7 Å². The van der Waals surface area contributed by atoms with E-state index in [2.05, 4.69) is 20.0 Å². The molecule has 6 heteroatoms. The van der Waals surface area contributed by atoms with Crippen LogP contribution in [-0.4, -0.2) is 22.6 Å². The summed E-state index contributed by atoms with van der Waals surface area (Å²) in [5.41, 5.74) is 0.919. The molecule has 0 unspecified atom stereocenters. The summed E-state index contributed by atoms with van der Waals surface area (Å²) in [6.45, 7) is 0.412. The van der Waals surface area contributed by atoms with Crippen molar-refractivity contribution in [3.05, 3.63) is 47.6 Å². The lowest BCUT2D eigenvalue weighted by Gasteiger charge is -2.03. The van der Waals surface area contributed by atoms with Crippen LogP contribution in [0, 0.1) is 11.3 Å². The van der Waals surface area contributed by atoms with E-state index in [-0.39, 0.29) is 5.91 Å². The number of carbonyl (C=O) groups excluding carboxylic acids is 1. The average Bonchev–Trinajstić information content (AvgIpc) is 2.92. The van der Waals surface area contributed by atoms with Crippen molar-refractivity contribution in [2.75, 3.05) is 6.54 Å². The SMILES string of the molecule is N#Cc1cccc(C(=O)NCCc2ncon2)c1. The minimum Gasteiger partial charge on any atom is -0.352 e. The Morgan fingerprint density at radius 2 is 2.39 bits per heavy atom. The van der Waals surface area contributed by atoms with Crippen LogP contribution in [0.3, 0.4) is 0 Å². The zero-order valence-corrected chi connectivity index (χ0v) is 9.46. The molecule has 1 aromatic carbocycles. The molecular formula is C12H10N4O2. The largest absolute Gasteiger partial charge is 0.352 e. The van der Waals surface area contributed by atoms with E-state index in [1.165, 1.54) is 6.39 Å². The van der Waals surface area contributed by atoms with Crippen LogP contribution in [0.15, 0.2) is 35.2 Å². The molecule has 2 rings (SSSR count). The molecule has 0 spiro atoms. The number of nitriles is 1. The van der Waals surface area contributed by atoms with Gasteiger partial charge in [-0.1, -0.05) is 11.2 Å². The predicted octanol–water partition coefficient (Wildman–Crippen LogP) is 0.914. The van der Waals surface area contributed by atoms with Gasteiger partial charge in [0.15, 0.2) is 5.82 Å². The molecule has 0 fully saturated rings. The Balaban J connectivity index is 1.89. The Morgan fingerprint density at radius 1 is 1.50 bits per heavy atom. The molecule has 0 saturated heterocycles. The maximum atomic E-state index is 11.8. The highest BCUT2D eigenvalue weighted by molar-refractivity contribution is 5.94. The van der Waals surface area contributed by atoms with Gasteiger partial charge in [-0.2, -0.15) is 10.2 Å². The van der Waals surface area contributed by atoms with Gasteiger partial charge in [0.2, 0.25) is 6.39 Å². The van der Waals surface area contributed by atoms with Crippen LogP contribution in [0.2, 0.25) is 0 Å². The molecule has 1 aromatic heterocycles. The van der Waals surface area contributed by atoms with Gasteiger partial charge in [-0.3, -0.25) is 4.79 Å². The molecule has 1 heterocycles. The van der Waals surface area contributed by atoms with Gasteiger partial charge in [0, 0.05) is 18.5 Å². The molecule has 0 aliphatic rings. The van der Waals surface area contributed by atoms with E-state index in [0.29, 0.717) is 29.9 Å². The highest BCUT2D eigenvalue weighted by atomic mass is 16.5. The number of benzene rings is 1. The summed E-state index contributed by atoms with van der Waals surface area (Å²) in [6, 6.07) is 8.51. The molecule has 0 radical (unpaired) electrons. The van der Waals surface area contributed by atoms with Gasteiger partial charge in [-0.15, -0.1) is 0 Å². The molecule has 0 aliphatic carbocycles. The quantitative estimate of drug-likeness (QED) is 0.860. The lowest BCUT2D eigenvalue weighted by Crippen LogP contribution is -2.25. The monoisotopic (exact) mass is 242 g/mol.